The van der Waals surface area contributed by atoms with Gasteiger partial charge in [0.25, 0.3) is 0 Å². The highest BCUT2D eigenvalue weighted by Crippen LogP contribution is 2.25. The number of anilines is 1. The van der Waals surface area contributed by atoms with Crippen molar-refractivity contribution in [3.63, 3.8) is 0 Å². The number of carbonyl (C=O) groups excluding carboxylic acids is 1. The average Bonchev–Trinajstić information content (AvgIpc) is 2.68. The largest absolute Gasteiger partial charge is 0.328 e. The zero-order valence-corrected chi connectivity index (χ0v) is 11.7. The Labute approximate surface area is 116 Å². The molecule has 0 aliphatic rings. The summed E-state index contributed by atoms with van der Waals surface area (Å²) in [7, 11) is 0. The number of benzene rings is 1. The molecule has 0 saturated heterocycles. The Morgan fingerprint density at radius 1 is 1.50 bits per heavy atom. The van der Waals surface area contributed by atoms with Crippen molar-refractivity contribution < 1.29 is 4.79 Å². The number of hydrogen-bond donors (Lipinski definition) is 2. The van der Waals surface area contributed by atoms with E-state index in [1.54, 1.807) is 0 Å². The number of rotatable bonds is 4. The number of nitrogens with two attached hydrogens (primary N) is 1. The molecule has 0 aliphatic carbocycles. The predicted molar refractivity (Wildman–Crippen MR) is 78.4 cm³/mol. The van der Waals surface area contributed by atoms with Crippen molar-refractivity contribution in [1.82, 2.24) is 4.98 Å². The fourth-order valence-electron chi connectivity index (χ4n) is 1.47. The topological polar surface area (TPSA) is 68.0 Å². The molecule has 4 nitrogen and oxygen atoms in total. The maximum atomic E-state index is 11.6. The summed E-state index contributed by atoms with van der Waals surface area (Å²) >= 11 is 1.49. The van der Waals surface area contributed by atoms with Crippen molar-refractivity contribution in [3.8, 4) is 0 Å². The van der Waals surface area contributed by atoms with E-state index >= 15 is 0 Å². The van der Waals surface area contributed by atoms with Crippen LogP contribution >= 0.6 is 23.7 Å². The molecule has 2 rings (SSSR count). The lowest BCUT2D eigenvalue weighted by Gasteiger charge is -2.03. The van der Waals surface area contributed by atoms with E-state index in [1.165, 1.54) is 11.3 Å². The Morgan fingerprint density at radius 3 is 2.89 bits per heavy atom. The molecule has 1 atom stereocenters. The second kappa shape index (κ2) is 6.68. The van der Waals surface area contributed by atoms with Crippen LogP contribution in [0.1, 0.15) is 19.8 Å². The molecule has 1 heterocycles. The van der Waals surface area contributed by atoms with E-state index in [-0.39, 0.29) is 24.4 Å². The summed E-state index contributed by atoms with van der Waals surface area (Å²) in [5, 5.41) is 3.45. The lowest BCUT2D eigenvalue weighted by molar-refractivity contribution is -0.116. The van der Waals surface area contributed by atoms with Crippen LogP contribution in [-0.4, -0.2) is 16.9 Å². The second-order valence-corrected chi connectivity index (χ2v) is 5.08. The molecule has 98 valence electrons. The van der Waals surface area contributed by atoms with E-state index in [0.717, 1.165) is 10.2 Å². The van der Waals surface area contributed by atoms with Gasteiger partial charge in [-0.1, -0.05) is 23.5 Å². The van der Waals surface area contributed by atoms with Gasteiger partial charge < -0.3 is 11.1 Å². The van der Waals surface area contributed by atoms with E-state index in [4.69, 9.17) is 5.73 Å². The quantitative estimate of drug-likeness (QED) is 0.908. The van der Waals surface area contributed by atoms with Crippen LogP contribution in [0.4, 0.5) is 5.13 Å². The molecular weight excluding hydrogens is 270 g/mol. The van der Waals surface area contributed by atoms with Crippen molar-refractivity contribution >= 4 is 45.0 Å². The molecule has 1 unspecified atom stereocenters. The number of nitrogens with one attached hydrogen (secondary N) is 1. The van der Waals surface area contributed by atoms with Gasteiger partial charge in [-0.05, 0) is 25.5 Å². The summed E-state index contributed by atoms with van der Waals surface area (Å²) in [6.45, 7) is 1.89. The molecule has 0 fully saturated rings. The van der Waals surface area contributed by atoms with Gasteiger partial charge in [-0.25, -0.2) is 4.98 Å². The van der Waals surface area contributed by atoms with E-state index in [9.17, 15) is 4.79 Å². The maximum Gasteiger partial charge on any atom is 0.226 e. The van der Waals surface area contributed by atoms with Gasteiger partial charge in [-0.3, -0.25) is 4.79 Å². The van der Waals surface area contributed by atoms with Gasteiger partial charge in [-0.15, -0.1) is 12.4 Å². The van der Waals surface area contributed by atoms with Gasteiger partial charge >= 0.3 is 0 Å². The lowest BCUT2D eigenvalue weighted by atomic mass is 10.2. The van der Waals surface area contributed by atoms with Crippen LogP contribution in [0.15, 0.2) is 24.3 Å². The predicted octanol–water partition coefficient (Wildman–Crippen LogP) is 2.78. The number of aromatic nitrogens is 1. The van der Waals surface area contributed by atoms with E-state index in [2.05, 4.69) is 10.3 Å². The molecule has 3 N–H and O–H groups in total. The van der Waals surface area contributed by atoms with Gasteiger partial charge in [0.15, 0.2) is 5.13 Å². The Hall–Kier alpha value is -1.17. The highest BCUT2D eigenvalue weighted by molar-refractivity contribution is 7.22. The van der Waals surface area contributed by atoms with E-state index < -0.39 is 0 Å². The molecule has 0 saturated carbocycles. The van der Waals surface area contributed by atoms with Crippen LogP contribution in [0.2, 0.25) is 0 Å². The fraction of sp³-hybridized carbons (Fsp3) is 0.333. The molecule has 18 heavy (non-hydrogen) atoms. The maximum absolute atomic E-state index is 11.6. The van der Waals surface area contributed by atoms with E-state index in [0.29, 0.717) is 18.0 Å². The first-order chi connectivity index (χ1) is 8.15. The monoisotopic (exact) mass is 285 g/mol. The molecule has 0 aliphatic heterocycles. The highest BCUT2D eigenvalue weighted by atomic mass is 35.5. The molecule has 1 amide bonds. The number of fused-ring (bicyclic) bond motifs is 1. The molecule has 6 heteroatoms. The second-order valence-electron chi connectivity index (χ2n) is 4.05. The van der Waals surface area contributed by atoms with Gasteiger partial charge in [0, 0.05) is 12.5 Å². The summed E-state index contributed by atoms with van der Waals surface area (Å²) in [6, 6.07) is 7.87. The Bertz CT molecular complexity index is 494. The van der Waals surface area contributed by atoms with Gasteiger partial charge in [-0.2, -0.15) is 0 Å². The number of thiazole rings is 1. The molecular formula is C12H16ClN3OS. The van der Waals surface area contributed by atoms with Crippen LogP contribution < -0.4 is 11.1 Å². The van der Waals surface area contributed by atoms with Gasteiger partial charge in [0.1, 0.15) is 0 Å². The van der Waals surface area contributed by atoms with Crippen molar-refractivity contribution in [1.29, 1.82) is 0 Å². The third kappa shape index (κ3) is 3.94. The minimum absolute atomic E-state index is 0. The van der Waals surface area contributed by atoms with Crippen LogP contribution in [0.5, 0.6) is 0 Å². The van der Waals surface area contributed by atoms with Crippen molar-refractivity contribution in [2.24, 2.45) is 5.73 Å². The molecule has 2 aromatic rings. The zero-order chi connectivity index (χ0) is 12.3. The van der Waals surface area contributed by atoms with Gasteiger partial charge in [0.05, 0.1) is 10.2 Å². The number of para-hydroxylation sites is 1. The standard InChI is InChI=1S/C12H15N3OS.ClH/c1-8(13)6-7-11(16)15-12-14-9-4-2-3-5-10(9)17-12;/h2-5,8H,6-7,13H2,1H3,(H,14,15,16);1H. The zero-order valence-electron chi connectivity index (χ0n) is 10.1. The first-order valence-electron chi connectivity index (χ1n) is 5.56. The van der Waals surface area contributed by atoms with Gasteiger partial charge in [0.2, 0.25) is 5.91 Å². The number of halogens is 1. The SMILES string of the molecule is CC(N)CCC(=O)Nc1nc2ccccc2s1.Cl. The minimum Gasteiger partial charge on any atom is -0.328 e. The lowest BCUT2D eigenvalue weighted by Crippen LogP contribution is -2.19. The van der Waals surface area contributed by atoms with Crippen LogP contribution in [0.3, 0.4) is 0 Å². The van der Waals surface area contributed by atoms with E-state index in [1.807, 2.05) is 31.2 Å². The Morgan fingerprint density at radius 2 is 2.22 bits per heavy atom. The summed E-state index contributed by atoms with van der Waals surface area (Å²) in [6.07, 6.45) is 1.13. The van der Waals surface area contributed by atoms with Crippen LogP contribution in [-0.2, 0) is 4.79 Å². The van der Waals surface area contributed by atoms with Crippen molar-refractivity contribution in [2.75, 3.05) is 5.32 Å². The first-order valence-corrected chi connectivity index (χ1v) is 6.38. The third-order valence-corrected chi connectivity index (χ3v) is 3.32. The average molecular weight is 286 g/mol. The number of carbonyl (C=O) groups is 1. The Balaban J connectivity index is 0.00000162. The molecule has 1 aromatic heterocycles. The molecule has 0 radical (unpaired) electrons. The third-order valence-electron chi connectivity index (χ3n) is 2.37. The van der Waals surface area contributed by atoms with Crippen molar-refractivity contribution in [2.45, 2.75) is 25.8 Å². The molecule has 1 aromatic carbocycles. The molecule has 0 bridgehead atoms. The van der Waals surface area contributed by atoms with Crippen molar-refractivity contribution in [3.05, 3.63) is 24.3 Å². The summed E-state index contributed by atoms with van der Waals surface area (Å²) < 4.78 is 1.08. The molecule has 0 spiro atoms. The fourth-order valence-corrected chi connectivity index (χ4v) is 2.35. The Kier molecular flexibility index (Phi) is 5.53. The summed E-state index contributed by atoms with van der Waals surface area (Å²) in [5.41, 5.74) is 6.52. The van der Waals surface area contributed by atoms with Crippen LogP contribution in [0.25, 0.3) is 10.2 Å². The number of amides is 1. The highest BCUT2D eigenvalue weighted by Gasteiger charge is 2.07. The normalized spacial score (nSPS) is 11.9. The minimum atomic E-state index is -0.0265. The smallest absolute Gasteiger partial charge is 0.226 e. The summed E-state index contributed by atoms with van der Waals surface area (Å²) in [5.74, 6) is -0.0265. The number of hydrogen-bond acceptors (Lipinski definition) is 4. The van der Waals surface area contributed by atoms with Crippen LogP contribution in [0, 0.1) is 0 Å². The first kappa shape index (κ1) is 14.9. The summed E-state index contributed by atoms with van der Waals surface area (Å²) in [4.78, 5) is 15.9. The number of nitrogens with zero attached hydrogens (tertiary/aromatic N) is 1.